The normalized spacial score (nSPS) is 20.3. The van der Waals surface area contributed by atoms with Crippen molar-refractivity contribution in [3.63, 3.8) is 0 Å². The van der Waals surface area contributed by atoms with Gasteiger partial charge in [0.25, 0.3) is 5.91 Å². The van der Waals surface area contributed by atoms with Gasteiger partial charge < -0.3 is 9.88 Å². The Morgan fingerprint density at radius 3 is 2.67 bits per heavy atom. The van der Waals surface area contributed by atoms with E-state index in [1.54, 1.807) is 24.3 Å². The minimum Gasteiger partial charge on any atom is -0.332 e. The number of benzene rings is 1. The van der Waals surface area contributed by atoms with Gasteiger partial charge in [-0.25, -0.2) is 4.39 Å². The average Bonchev–Trinajstić information content (AvgIpc) is 2.94. The summed E-state index contributed by atoms with van der Waals surface area (Å²) in [5.74, 6) is -0.361. The molecule has 1 aromatic carbocycles. The molecule has 0 aliphatic carbocycles. The van der Waals surface area contributed by atoms with Crippen molar-refractivity contribution in [3.05, 3.63) is 69.9 Å². The molecule has 0 bridgehead atoms. The van der Waals surface area contributed by atoms with Crippen LogP contribution in [0.4, 0.5) is 4.39 Å². The summed E-state index contributed by atoms with van der Waals surface area (Å²) in [6.07, 6.45) is 3.54. The number of aromatic nitrogens is 1. The standard InChI is InChI=1S/C19H21FN2O2/c1-13-5-11-16(12-8-14-6-9-15(20)10-7-14)22(13)19(24)17-3-2-4-18(23)21-17/h2-4,6-7,9-10,13,16H,5,8,11-12H2,1H3,(H,21,23)/t13-,16-/m1/s1. The first-order chi connectivity index (χ1) is 11.5. The number of likely N-dealkylation sites (tertiary alicyclic amines) is 1. The fourth-order valence-corrected chi connectivity index (χ4v) is 3.42. The Labute approximate surface area is 140 Å². The van der Waals surface area contributed by atoms with Crippen LogP contribution in [0, 0.1) is 5.82 Å². The molecule has 0 saturated carbocycles. The predicted molar refractivity (Wildman–Crippen MR) is 90.4 cm³/mol. The second-order valence-corrected chi connectivity index (χ2v) is 6.39. The molecule has 0 unspecified atom stereocenters. The van der Waals surface area contributed by atoms with Crippen molar-refractivity contribution in [2.75, 3.05) is 0 Å². The molecule has 4 nitrogen and oxygen atoms in total. The molecule has 1 aromatic heterocycles. The van der Waals surface area contributed by atoms with Crippen LogP contribution in [-0.4, -0.2) is 27.9 Å². The van der Waals surface area contributed by atoms with Crippen molar-refractivity contribution in [2.45, 2.75) is 44.7 Å². The van der Waals surface area contributed by atoms with Gasteiger partial charge in [0, 0.05) is 18.2 Å². The minimum absolute atomic E-state index is 0.123. The molecule has 2 atom stereocenters. The van der Waals surface area contributed by atoms with Crippen molar-refractivity contribution in [1.82, 2.24) is 9.88 Å². The van der Waals surface area contributed by atoms with Crippen LogP contribution in [0.2, 0.25) is 0 Å². The summed E-state index contributed by atoms with van der Waals surface area (Å²) < 4.78 is 13.0. The van der Waals surface area contributed by atoms with Crippen LogP contribution >= 0.6 is 0 Å². The van der Waals surface area contributed by atoms with E-state index in [0.29, 0.717) is 5.69 Å². The number of aromatic amines is 1. The van der Waals surface area contributed by atoms with Crippen LogP contribution in [-0.2, 0) is 6.42 Å². The summed E-state index contributed by atoms with van der Waals surface area (Å²) in [6.45, 7) is 2.04. The second-order valence-electron chi connectivity index (χ2n) is 6.39. The summed E-state index contributed by atoms with van der Waals surface area (Å²) >= 11 is 0. The van der Waals surface area contributed by atoms with Crippen LogP contribution < -0.4 is 5.56 Å². The molecular weight excluding hydrogens is 307 g/mol. The maximum absolute atomic E-state index is 13.0. The highest BCUT2D eigenvalue weighted by Crippen LogP contribution is 2.28. The Bertz CT molecular complexity index is 769. The second kappa shape index (κ2) is 6.99. The molecule has 0 spiro atoms. The number of H-pyrrole nitrogens is 1. The third-order valence-electron chi connectivity index (χ3n) is 4.70. The van der Waals surface area contributed by atoms with Gasteiger partial charge in [-0.15, -0.1) is 0 Å². The van der Waals surface area contributed by atoms with E-state index in [9.17, 15) is 14.0 Å². The van der Waals surface area contributed by atoms with E-state index in [1.807, 2.05) is 11.8 Å². The molecule has 1 saturated heterocycles. The molecule has 126 valence electrons. The van der Waals surface area contributed by atoms with Crippen LogP contribution in [0.15, 0.2) is 47.3 Å². The van der Waals surface area contributed by atoms with Crippen molar-refractivity contribution in [3.8, 4) is 0 Å². The van der Waals surface area contributed by atoms with Gasteiger partial charge in [-0.2, -0.15) is 0 Å². The van der Waals surface area contributed by atoms with Gasteiger partial charge in [0.15, 0.2) is 0 Å². The van der Waals surface area contributed by atoms with Gasteiger partial charge in [0.1, 0.15) is 11.5 Å². The third-order valence-corrected chi connectivity index (χ3v) is 4.70. The Morgan fingerprint density at radius 1 is 1.21 bits per heavy atom. The monoisotopic (exact) mass is 328 g/mol. The van der Waals surface area contributed by atoms with Crippen LogP contribution in [0.25, 0.3) is 0 Å². The van der Waals surface area contributed by atoms with Crippen molar-refractivity contribution in [1.29, 1.82) is 0 Å². The summed E-state index contributed by atoms with van der Waals surface area (Å²) in [5.41, 5.74) is 1.13. The molecule has 1 aliphatic heterocycles. The highest BCUT2D eigenvalue weighted by molar-refractivity contribution is 5.92. The summed E-state index contributed by atoms with van der Waals surface area (Å²) in [4.78, 5) is 28.7. The molecule has 2 heterocycles. The van der Waals surface area contributed by atoms with Crippen molar-refractivity contribution >= 4 is 5.91 Å². The molecule has 1 aliphatic rings. The average molecular weight is 328 g/mol. The highest BCUT2D eigenvalue weighted by atomic mass is 19.1. The van der Waals surface area contributed by atoms with E-state index in [0.717, 1.165) is 31.2 Å². The van der Waals surface area contributed by atoms with E-state index in [2.05, 4.69) is 4.98 Å². The number of halogens is 1. The SMILES string of the molecule is C[C@@H]1CC[C@H](CCc2ccc(F)cc2)N1C(=O)c1cccc(=O)[nH]1. The number of nitrogens with one attached hydrogen (secondary N) is 1. The zero-order valence-corrected chi connectivity index (χ0v) is 13.7. The Kier molecular flexibility index (Phi) is 4.79. The number of carbonyl (C=O) groups is 1. The first-order valence-corrected chi connectivity index (χ1v) is 8.31. The van der Waals surface area contributed by atoms with Crippen molar-refractivity contribution < 1.29 is 9.18 Å². The lowest BCUT2D eigenvalue weighted by Gasteiger charge is -2.28. The fourth-order valence-electron chi connectivity index (χ4n) is 3.42. The topological polar surface area (TPSA) is 53.2 Å². The fraction of sp³-hybridized carbons (Fsp3) is 0.368. The molecule has 1 N–H and O–H groups in total. The quantitative estimate of drug-likeness (QED) is 0.937. The molecule has 3 rings (SSSR count). The number of nitrogens with zero attached hydrogens (tertiary/aromatic N) is 1. The largest absolute Gasteiger partial charge is 0.332 e. The van der Waals surface area contributed by atoms with Gasteiger partial charge in [-0.1, -0.05) is 18.2 Å². The minimum atomic E-state index is -0.268. The van der Waals surface area contributed by atoms with Gasteiger partial charge in [0.2, 0.25) is 5.56 Å². The highest BCUT2D eigenvalue weighted by Gasteiger charge is 2.34. The number of pyridine rings is 1. The Hall–Kier alpha value is -2.43. The smallest absolute Gasteiger partial charge is 0.270 e. The number of amides is 1. The molecule has 24 heavy (non-hydrogen) atoms. The van der Waals surface area contributed by atoms with Gasteiger partial charge in [0.05, 0.1) is 0 Å². The number of carbonyl (C=O) groups excluding carboxylic acids is 1. The van der Waals surface area contributed by atoms with Gasteiger partial charge >= 0.3 is 0 Å². The van der Waals surface area contributed by atoms with Gasteiger partial charge in [-0.3, -0.25) is 9.59 Å². The number of hydrogen-bond acceptors (Lipinski definition) is 2. The Morgan fingerprint density at radius 2 is 1.96 bits per heavy atom. The summed E-state index contributed by atoms with van der Waals surface area (Å²) in [7, 11) is 0. The van der Waals surface area contributed by atoms with E-state index < -0.39 is 0 Å². The lowest BCUT2D eigenvalue weighted by molar-refractivity contribution is 0.0666. The zero-order valence-electron chi connectivity index (χ0n) is 13.7. The zero-order chi connectivity index (χ0) is 17.1. The number of rotatable bonds is 4. The van der Waals surface area contributed by atoms with E-state index in [1.165, 1.54) is 18.2 Å². The van der Waals surface area contributed by atoms with Crippen LogP contribution in [0.1, 0.15) is 42.2 Å². The predicted octanol–water partition coefficient (Wildman–Crippen LogP) is 3.14. The number of hydrogen-bond donors (Lipinski definition) is 1. The molecular formula is C19H21FN2O2. The maximum atomic E-state index is 13.0. The summed E-state index contributed by atoms with van der Waals surface area (Å²) in [5, 5.41) is 0. The van der Waals surface area contributed by atoms with E-state index in [4.69, 9.17) is 0 Å². The molecule has 1 amide bonds. The lowest BCUT2D eigenvalue weighted by atomic mass is 10.0. The van der Waals surface area contributed by atoms with Gasteiger partial charge in [-0.05, 0) is 56.4 Å². The van der Waals surface area contributed by atoms with E-state index in [-0.39, 0.29) is 29.4 Å². The van der Waals surface area contributed by atoms with Crippen molar-refractivity contribution in [2.24, 2.45) is 0 Å². The van der Waals surface area contributed by atoms with E-state index >= 15 is 0 Å². The molecule has 5 heteroatoms. The lowest BCUT2D eigenvalue weighted by Crippen LogP contribution is -2.41. The maximum Gasteiger partial charge on any atom is 0.270 e. The number of aryl methyl sites for hydroxylation is 1. The first kappa shape index (κ1) is 16.4. The third kappa shape index (κ3) is 3.55. The Balaban J connectivity index is 1.72. The molecule has 2 aromatic rings. The summed E-state index contributed by atoms with van der Waals surface area (Å²) in [6, 6.07) is 11.4. The van der Waals surface area contributed by atoms with Crippen LogP contribution in [0.5, 0.6) is 0 Å². The van der Waals surface area contributed by atoms with Crippen LogP contribution in [0.3, 0.4) is 0 Å². The molecule has 0 radical (unpaired) electrons. The molecule has 1 fully saturated rings. The first-order valence-electron chi connectivity index (χ1n) is 8.31.